The van der Waals surface area contributed by atoms with Crippen molar-refractivity contribution < 1.29 is 9.53 Å². The number of likely N-dealkylation sites (N-methyl/N-ethyl adjacent to an activating group) is 2. The molecule has 41 heavy (non-hydrogen) atoms. The molecule has 0 aliphatic rings. The fourth-order valence-corrected chi connectivity index (χ4v) is 4.82. The van der Waals surface area contributed by atoms with Crippen LogP contribution in [0.15, 0.2) is 49.3 Å². The average Bonchev–Trinajstić information content (AvgIpc) is 3.25. The fraction of sp³-hybridized carbons (Fsp3) is 0.267. The average molecular weight is 573 g/mol. The summed E-state index contributed by atoms with van der Waals surface area (Å²) in [6.07, 6.45) is 4.72. The number of rotatable bonds is 10. The van der Waals surface area contributed by atoms with E-state index in [4.69, 9.17) is 21.3 Å². The van der Waals surface area contributed by atoms with Crippen LogP contribution in [0.3, 0.4) is 0 Å². The van der Waals surface area contributed by atoms with Gasteiger partial charge in [0.2, 0.25) is 11.9 Å². The maximum absolute atomic E-state index is 12.3. The minimum atomic E-state index is -0.340. The summed E-state index contributed by atoms with van der Waals surface area (Å²) < 4.78 is 7.64. The Morgan fingerprint density at radius 2 is 1.98 bits per heavy atom. The van der Waals surface area contributed by atoms with E-state index in [1.165, 1.54) is 12.3 Å². The molecule has 0 bridgehead atoms. The molecular weight excluding hydrogens is 540 g/mol. The predicted octanol–water partition coefficient (Wildman–Crippen LogP) is 5.34. The zero-order valence-electron chi connectivity index (χ0n) is 24.0. The van der Waals surface area contributed by atoms with Crippen LogP contribution < -0.4 is 20.3 Å². The second-order valence-electron chi connectivity index (χ2n) is 9.96. The smallest absolute Gasteiger partial charge is 0.247 e. The first-order chi connectivity index (χ1) is 19.6. The van der Waals surface area contributed by atoms with Gasteiger partial charge < -0.3 is 29.7 Å². The minimum absolute atomic E-state index is 0.265. The third-order valence-corrected chi connectivity index (χ3v) is 6.99. The number of amides is 1. The summed E-state index contributed by atoms with van der Waals surface area (Å²) in [5.41, 5.74) is 5.47. The quantitative estimate of drug-likeness (QED) is 0.245. The molecule has 0 spiro atoms. The van der Waals surface area contributed by atoms with E-state index in [0.717, 1.165) is 35.2 Å². The molecular formula is C30H33ClN8O2. The number of carbonyl (C=O) groups is 1. The molecule has 0 radical (unpaired) electrons. The highest BCUT2D eigenvalue weighted by atomic mass is 35.5. The Hall–Kier alpha value is -4.59. The first kappa shape index (κ1) is 29.4. The number of halogens is 1. The van der Waals surface area contributed by atoms with Crippen molar-refractivity contribution in [2.45, 2.75) is 6.92 Å². The summed E-state index contributed by atoms with van der Waals surface area (Å²) in [6.45, 7) is 7.11. The normalized spacial score (nSPS) is 10.9. The van der Waals surface area contributed by atoms with Gasteiger partial charge in [0.05, 0.1) is 52.2 Å². The maximum Gasteiger partial charge on any atom is 0.247 e. The van der Waals surface area contributed by atoms with Crippen molar-refractivity contribution in [3.63, 3.8) is 0 Å². The number of ether oxygens (including phenoxy) is 1. The van der Waals surface area contributed by atoms with E-state index in [9.17, 15) is 10.1 Å². The van der Waals surface area contributed by atoms with Gasteiger partial charge in [-0.05, 0) is 50.9 Å². The van der Waals surface area contributed by atoms with Crippen LogP contribution in [0.5, 0.6) is 5.75 Å². The lowest BCUT2D eigenvalue weighted by molar-refractivity contribution is -0.111. The summed E-state index contributed by atoms with van der Waals surface area (Å²) >= 11 is 6.56. The van der Waals surface area contributed by atoms with Crippen LogP contribution in [0.2, 0.25) is 5.02 Å². The Labute approximate surface area is 244 Å². The molecule has 2 heterocycles. The van der Waals surface area contributed by atoms with Crippen molar-refractivity contribution >= 4 is 51.4 Å². The minimum Gasteiger partial charge on any atom is -0.494 e. The Kier molecular flexibility index (Phi) is 8.81. The van der Waals surface area contributed by atoms with Crippen molar-refractivity contribution in [3.8, 4) is 23.1 Å². The number of hydrogen-bond acceptors (Lipinski definition) is 8. The van der Waals surface area contributed by atoms with E-state index in [1.807, 2.05) is 62.9 Å². The molecule has 2 N–H and O–H groups in total. The molecule has 4 aromatic rings. The Balaban J connectivity index is 1.77. The van der Waals surface area contributed by atoms with Gasteiger partial charge in [0.25, 0.3) is 0 Å². The molecule has 2 aromatic heterocycles. The number of nitrogens with zero attached hydrogens (tertiary/aromatic N) is 6. The van der Waals surface area contributed by atoms with E-state index in [-0.39, 0.29) is 11.9 Å². The third-order valence-electron chi connectivity index (χ3n) is 6.71. The van der Waals surface area contributed by atoms with Crippen molar-refractivity contribution in [1.82, 2.24) is 19.4 Å². The molecule has 4 rings (SSSR count). The van der Waals surface area contributed by atoms with Crippen molar-refractivity contribution in [1.29, 1.82) is 5.26 Å². The molecule has 212 valence electrons. The van der Waals surface area contributed by atoms with Gasteiger partial charge in [-0.1, -0.05) is 18.2 Å². The molecule has 0 atom stereocenters. The lowest BCUT2D eigenvalue weighted by Gasteiger charge is -2.26. The Bertz CT molecular complexity index is 1670. The number of hydrogen-bond donors (Lipinski definition) is 2. The molecule has 1 amide bonds. The van der Waals surface area contributed by atoms with Crippen LogP contribution in [0.25, 0.3) is 22.2 Å². The molecule has 0 fully saturated rings. The van der Waals surface area contributed by atoms with E-state index < -0.39 is 0 Å². The molecule has 0 saturated carbocycles. The molecule has 0 saturated heterocycles. The topological polar surface area (TPSA) is 111 Å². The third kappa shape index (κ3) is 6.27. The number of nitrogens with one attached hydrogen (secondary N) is 2. The van der Waals surface area contributed by atoms with Gasteiger partial charge in [0.15, 0.2) is 0 Å². The lowest BCUT2D eigenvalue weighted by Crippen LogP contribution is -2.29. The monoisotopic (exact) mass is 572 g/mol. The standard InChI is InChI=1S/C30H33ClN8O2/c1-8-27(40)34-23-13-24(26(41-7)14-25(23)38(5)10-9-37(3)4)35-30-33-16-22(31)28(36-30)19-11-20(15-32)29-21(12-19)18(2)17-39(29)6/h8,11-14,16-17H,1,9-10H2,2-7H3,(H,34,40)(H,33,35,36). The van der Waals surface area contributed by atoms with Gasteiger partial charge in [-0.25, -0.2) is 9.97 Å². The van der Waals surface area contributed by atoms with Crippen molar-refractivity contribution in [2.24, 2.45) is 7.05 Å². The van der Waals surface area contributed by atoms with Gasteiger partial charge in [0, 0.05) is 50.4 Å². The second kappa shape index (κ2) is 12.3. The largest absolute Gasteiger partial charge is 0.494 e. The number of fused-ring (bicyclic) bond motifs is 1. The van der Waals surface area contributed by atoms with Crippen LogP contribution in [-0.4, -0.2) is 66.7 Å². The highest BCUT2D eigenvalue weighted by molar-refractivity contribution is 6.33. The molecule has 10 nitrogen and oxygen atoms in total. The molecule has 0 aliphatic carbocycles. The van der Waals surface area contributed by atoms with E-state index in [1.54, 1.807) is 19.2 Å². The number of anilines is 4. The molecule has 2 aromatic carbocycles. The Morgan fingerprint density at radius 1 is 1.22 bits per heavy atom. The summed E-state index contributed by atoms with van der Waals surface area (Å²) in [4.78, 5) is 25.5. The van der Waals surface area contributed by atoms with Crippen LogP contribution in [0.1, 0.15) is 11.1 Å². The summed E-state index contributed by atoms with van der Waals surface area (Å²) in [7, 11) is 9.44. The van der Waals surface area contributed by atoms with Crippen molar-refractivity contribution in [3.05, 3.63) is 65.5 Å². The SMILES string of the molecule is C=CC(=O)Nc1cc(Nc2ncc(Cl)c(-c3cc(C#N)c4c(c3)c(C)cn4C)n2)c(OC)cc1N(C)CCN(C)C. The Morgan fingerprint density at radius 3 is 2.63 bits per heavy atom. The van der Waals surface area contributed by atoms with E-state index in [0.29, 0.717) is 39.0 Å². The lowest BCUT2D eigenvalue weighted by atomic mass is 10.0. The zero-order chi connectivity index (χ0) is 29.8. The summed E-state index contributed by atoms with van der Waals surface area (Å²) in [6, 6.07) is 9.67. The van der Waals surface area contributed by atoms with Gasteiger partial charge in [-0.2, -0.15) is 5.26 Å². The van der Waals surface area contributed by atoms with E-state index >= 15 is 0 Å². The maximum atomic E-state index is 12.3. The number of aromatic nitrogens is 3. The van der Waals surface area contributed by atoms with Crippen LogP contribution >= 0.6 is 11.6 Å². The van der Waals surface area contributed by atoms with Gasteiger partial charge in [-0.3, -0.25) is 4.79 Å². The first-order valence-electron chi connectivity index (χ1n) is 12.9. The molecule has 0 aliphatic heterocycles. The molecule has 11 heteroatoms. The first-order valence-corrected chi connectivity index (χ1v) is 13.2. The van der Waals surface area contributed by atoms with Crippen LogP contribution in [0, 0.1) is 18.3 Å². The van der Waals surface area contributed by atoms with Gasteiger partial charge >= 0.3 is 0 Å². The summed E-state index contributed by atoms with van der Waals surface area (Å²) in [5.74, 6) is 0.454. The van der Waals surface area contributed by atoms with Gasteiger partial charge in [0.1, 0.15) is 11.8 Å². The number of nitriles is 1. The van der Waals surface area contributed by atoms with Gasteiger partial charge in [-0.15, -0.1) is 0 Å². The van der Waals surface area contributed by atoms with Crippen LogP contribution in [-0.2, 0) is 11.8 Å². The number of methoxy groups -OCH3 is 1. The highest BCUT2D eigenvalue weighted by Crippen LogP contribution is 2.39. The second-order valence-corrected chi connectivity index (χ2v) is 10.4. The van der Waals surface area contributed by atoms with E-state index in [2.05, 4.69) is 33.2 Å². The number of carbonyl (C=O) groups excluding carboxylic acids is 1. The summed E-state index contributed by atoms with van der Waals surface area (Å²) in [5, 5.41) is 17.2. The molecule has 0 unspecified atom stereocenters. The number of aryl methyl sites for hydroxylation is 2. The van der Waals surface area contributed by atoms with Crippen LogP contribution in [0.4, 0.5) is 23.0 Å². The zero-order valence-corrected chi connectivity index (χ0v) is 24.8. The predicted molar refractivity (Wildman–Crippen MR) is 165 cm³/mol. The highest BCUT2D eigenvalue weighted by Gasteiger charge is 2.18. The fourth-order valence-electron chi connectivity index (χ4n) is 4.62. The number of benzene rings is 2. The van der Waals surface area contributed by atoms with Crippen molar-refractivity contribution in [2.75, 3.05) is 56.9 Å².